The molecule has 0 aliphatic heterocycles. The zero-order valence-corrected chi connectivity index (χ0v) is 28.9. The van der Waals surface area contributed by atoms with Crippen LogP contribution in [0.5, 0.6) is 0 Å². The van der Waals surface area contributed by atoms with Gasteiger partial charge in [-0.3, -0.25) is 0 Å². The topological polar surface area (TPSA) is 29.0 Å². The van der Waals surface area contributed by atoms with Gasteiger partial charge >= 0.3 is 0 Å². The minimum Gasteiger partial charge on any atom is -0.309 e. The maximum atomic E-state index is 4.72. The van der Waals surface area contributed by atoms with Crippen LogP contribution in [0.15, 0.2) is 200 Å². The van der Waals surface area contributed by atoms with E-state index in [1.807, 2.05) is 18.5 Å². The first-order valence-electron chi connectivity index (χ1n) is 18.0. The highest BCUT2D eigenvalue weighted by Gasteiger charge is 2.29. The summed E-state index contributed by atoms with van der Waals surface area (Å²) in [6.45, 7) is 0. The molecule has 248 valence electrons. The standard InChI is InChI=1S/C50H33N3/c1-3-12-34(13-4-1)35-22-24-36(25-23-35)37-26-28-41(29-27-37)53(46-21-8-7-18-42(46)38-14-5-2-6-15-38)47-33-40(50-51-30-11-31-52-50)32-45-43-19-9-16-39-17-10-20-44(48(39)43)49(45)47/h1-33H. The van der Waals surface area contributed by atoms with Gasteiger partial charge in [0.1, 0.15) is 0 Å². The number of rotatable bonds is 7. The van der Waals surface area contributed by atoms with Gasteiger partial charge in [0.15, 0.2) is 5.82 Å². The van der Waals surface area contributed by atoms with Crippen LogP contribution in [0, 0.1) is 0 Å². The van der Waals surface area contributed by atoms with Crippen LogP contribution in [0.4, 0.5) is 17.1 Å². The molecule has 1 aliphatic rings. The van der Waals surface area contributed by atoms with E-state index in [4.69, 9.17) is 9.97 Å². The van der Waals surface area contributed by atoms with Crippen molar-refractivity contribution in [3.05, 3.63) is 200 Å². The molecule has 1 aliphatic carbocycles. The fourth-order valence-corrected chi connectivity index (χ4v) is 7.88. The molecule has 10 rings (SSSR count). The minimum absolute atomic E-state index is 0.699. The van der Waals surface area contributed by atoms with Gasteiger partial charge in [-0.1, -0.05) is 152 Å². The lowest BCUT2D eigenvalue weighted by molar-refractivity contribution is 1.17. The molecule has 3 heteroatoms. The smallest absolute Gasteiger partial charge is 0.159 e. The van der Waals surface area contributed by atoms with E-state index in [1.165, 1.54) is 55.3 Å². The summed E-state index contributed by atoms with van der Waals surface area (Å²) in [4.78, 5) is 11.9. The first-order chi connectivity index (χ1) is 26.3. The lowest BCUT2D eigenvalue weighted by Gasteiger charge is -2.30. The summed E-state index contributed by atoms with van der Waals surface area (Å²) in [7, 11) is 0. The Balaban J connectivity index is 1.19. The van der Waals surface area contributed by atoms with Crippen LogP contribution < -0.4 is 4.90 Å². The molecular weight excluding hydrogens is 643 g/mol. The summed E-state index contributed by atoms with van der Waals surface area (Å²) in [5, 5.41) is 2.52. The molecule has 0 fully saturated rings. The molecule has 1 aromatic heterocycles. The van der Waals surface area contributed by atoms with Gasteiger partial charge in [-0.25, -0.2) is 9.97 Å². The van der Waals surface area contributed by atoms with E-state index in [0.717, 1.165) is 33.8 Å². The molecule has 0 saturated carbocycles. The van der Waals surface area contributed by atoms with Crippen LogP contribution in [0.1, 0.15) is 0 Å². The van der Waals surface area contributed by atoms with Crippen molar-refractivity contribution in [2.24, 2.45) is 0 Å². The maximum absolute atomic E-state index is 4.72. The second kappa shape index (κ2) is 12.9. The average Bonchev–Trinajstić information content (AvgIpc) is 3.57. The molecule has 9 aromatic rings. The molecule has 3 nitrogen and oxygen atoms in total. The van der Waals surface area contributed by atoms with Crippen LogP contribution in [0.2, 0.25) is 0 Å². The molecule has 0 N–H and O–H groups in total. The highest BCUT2D eigenvalue weighted by atomic mass is 15.1. The van der Waals surface area contributed by atoms with Crippen molar-refractivity contribution in [1.29, 1.82) is 0 Å². The summed E-state index contributed by atoms with van der Waals surface area (Å²) in [6, 6.07) is 67.4. The quantitative estimate of drug-likeness (QED) is 0.168. The predicted octanol–water partition coefficient (Wildman–Crippen LogP) is 13.4. The Morgan fingerprint density at radius 3 is 1.57 bits per heavy atom. The third-order valence-corrected chi connectivity index (χ3v) is 10.3. The molecule has 0 radical (unpaired) electrons. The number of benzene rings is 8. The number of hydrogen-bond donors (Lipinski definition) is 0. The molecule has 0 amide bonds. The Labute approximate surface area is 309 Å². The molecule has 0 unspecified atom stereocenters. The van der Waals surface area contributed by atoms with E-state index in [1.54, 1.807) is 0 Å². The molecule has 0 bridgehead atoms. The van der Waals surface area contributed by atoms with Crippen molar-refractivity contribution in [3.8, 4) is 67.0 Å². The molecule has 0 atom stereocenters. The summed E-state index contributed by atoms with van der Waals surface area (Å²) < 4.78 is 0. The van der Waals surface area contributed by atoms with Gasteiger partial charge in [-0.2, -0.15) is 0 Å². The SMILES string of the molecule is c1ccc(-c2ccc(-c3ccc(N(c4ccccc4-c4ccccc4)c4cc(-c5ncccn5)cc5c4-c4cccc6cccc-5c46)cc3)cc2)cc1. The second-order valence-corrected chi connectivity index (χ2v) is 13.4. The Morgan fingerprint density at radius 1 is 0.340 bits per heavy atom. The highest BCUT2D eigenvalue weighted by Crippen LogP contribution is 2.55. The van der Waals surface area contributed by atoms with E-state index in [0.29, 0.717) is 5.82 Å². The third-order valence-electron chi connectivity index (χ3n) is 10.3. The van der Waals surface area contributed by atoms with Crippen LogP contribution in [-0.2, 0) is 0 Å². The van der Waals surface area contributed by atoms with E-state index in [2.05, 4.69) is 187 Å². The summed E-state index contributed by atoms with van der Waals surface area (Å²) in [5.41, 5.74) is 16.2. The molecular formula is C50H33N3. The normalized spacial score (nSPS) is 11.4. The van der Waals surface area contributed by atoms with Crippen molar-refractivity contribution in [2.75, 3.05) is 4.90 Å². The maximum Gasteiger partial charge on any atom is 0.159 e. The number of para-hydroxylation sites is 1. The monoisotopic (exact) mass is 675 g/mol. The number of hydrogen-bond acceptors (Lipinski definition) is 3. The zero-order chi connectivity index (χ0) is 35.1. The first kappa shape index (κ1) is 30.7. The average molecular weight is 676 g/mol. The Kier molecular flexibility index (Phi) is 7.47. The van der Waals surface area contributed by atoms with E-state index in [-0.39, 0.29) is 0 Å². The largest absolute Gasteiger partial charge is 0.309 e. The van der Waals surface area contributed by atoms with Crippen LogP contribution in [0.25, 0.3) is 77.8 Å². The lowest BCUT2D eigenvalue weighted by atomic mass is 9.95. The van der Waals surface area contributed by atoms with Gasteiger partial charge in [0.2, 0.25) is 0 Å². The summed E-state index contributed by atoms with van der Waals surface area (Å²) >= 11 is 0. The van der Waals surface area contributed by atoms with E-state index < -0.39 is 0 Å². The summed E-state index contributed by atoms with van der Waals surface area (Å²) in [5.74, 6) is 0.699. The Bertz CT molecular complexity index is 2740. The second-order valence-electron chi connectivity index (χ2n) is 13.4. The molecule has 8 aromatic carbocycles. The predicted molar refractivity (Wildman–Crippen MR) is 220 cm³/mol. The molecule has 0 saturated heterocycles. The van der Waals surface area contributed by atoms with Crippen LogP contribution in [-0.4, -0.2) is 9.97 Å². The van der Waals surface area contributed by atoms with Crippen LogP contribution in [0.3, 0.4) is 0 Å². The van der Waals surface area contributed by atoms with Gasteiger partial charge in [0, 0.05) is 34.8 Å². The Morgan fingerprint density at radius 2 is 0.887 bits per heavy atom. The number of fused-ring (bicyclic) bond motifs is 3. The molecule has 53 heavy (non-hydrogen) atoms. The van der Waals surface area contributed by atoms with Crippen molar-refractivity contribution < 1.29 is 0 Å². The first-order valence-corrected chi connectivity index (χ1v) is 18.0. The number of aromatic nitrogens is 2. The number of anilines is 3. The van der Waals surface area contributed by atoms with Gasteiger partial charge in [-0.05, 0) is 91.7 Å². The van der Waals surface area contributed by atoms with Crippen molar-refractivity contribution in [1.82, 2.24) is 9.97 Å². The highest BCUT2D eigenvalue weighted by molar-refractivity contribution is 6.19. The fourth-order valence-electron chi connectivity index (χ4n) is 7.88. The van der Waals surface area contributed by atoms with Crippen molar-refractivity contribution in [3.63, 3.8) is 0 Å². The molecule has 1 heterocycles. The lowest BCUT2D eigenvalue weighted by Crippen LogP contribution is -2.13. The van der Waals surface area contributed by atoms with Gasteiger partial charge in [0.25, 0.3) is 0 Å². The zero-order valence-electron chi connectivity index (χ0n) is 28.9. The minimum atomic E-state index is 0.699. The van der Waals surface area contributed by atoms with E-state index in [9.17, 15) is 0 Å². The Hall–Kier alpha value is -7.10. The molecule has 0 spiro atoms. The van der Waals surface area contributed by atoms with Crippen molar-refractivity contribution >= 4 is 27.8 Å². The van der Waals surface area contributed by atoms with Gasteiger partial charge < -0.3 is 4.90 Å². The van der Waals surface area contributed by atoms with Crippen LogP contribution >= 0.6 is 0 Å². The van der Waals surface area contributed by atoms with Crippen molar-refractivity contribution in [2.45, 2.75) is 0 Å². The van der Waals surface area contributed by atoms with Gasteiger partial charge in [-0.15, -0.1) is 0 Å². The third kappa shape index (κ3) is 5.38. The summed E-state index contributed by atoms with van der Waals surface area (Å²) in [6.07, 6.45) is 3.64. The van der Waals surface area contributed by atoms with Gasteiger partial charge in [0.05, 0.1) is 11.4 Å². The fraction of sp³-hybridized carbons (Fsp3) is 0. The number of nitrogens with zero attached hydrogens (tertiary/aromatic N) is 3. The van der Waals surface area contributed by atoms with E-state index >= 15 is 0 Å².